The summed E-state index contributed by atoms with van der Waals surface area (Å²) >= 11 is 1.33. The van der Waals surface area contributed by atoms with E-state index in [1.165, 1.54) is 37.8 Å². The van der Waals surface area contributed by atoms with Crippen LogP contribution in [0.5, 0.6) is 5.75 Å². The number of carbonyl (C=O) groups is 1. The number of aryl methyl sites for hydroxylation is 2. The number of benzene rings is 1. The van der Waals surface area contributed by atoms with Crippen LogP contribution < -0.4 is 21.3 Å². The normalized spacial score (nSPS) is 15.1. The van der Waals surface area contributed by atoms with E-state index in [9.17, 15) is 14.0 Å². The molecule has 31 heavy (non-hydrogen) atoms. The van der Waals surface area contributed by atoms with Crippen molar-refractivity contribution in [2.45, 2.75) is 49.5 Å². The molecule has 1 aromatic carbocycles. The number of H-pyrrole nitrogens is 1. The van der Waals surface area contributed by atoms with Crippen molar-refractivity contribution in [1.29, 1.82) is 0 Å². The molecule has 0 atom stereocenters. The molecular formula is C23H28FN3O3S. The van der Waals surface area contributed by atoms with Crippen LogP contribution >= 0.6 is 11.8 Å². The highest BCUT2D eigenvalue weighted by molar-refractivity contribution is 8.02. The molecule has 1 amide bonds. The van der Waals surface area contributed by atoms with Crippen molar-refractivity contribution in [1.82, 2.24) is 10.3 Å². The average molecular weight is 446 g/mol. The number of rotatable bonds is 6. The summed E-state index contributed by atoms with van der Waals surface area (Å²) in [7, 11) is 1.42. The number of nitrogens with two attached hydrogens (primary N) is 1. The third kappa shape index (κ3) is 6.97. The van der Waals surface area contributed by atoms with Crippen molar-refractivity contribution in [2.75, 3.05) is 13.7 Å². The first-order valence-corrected chi connectivity index (χ1v) is 11.3. The zero-order chi connectivity index (χ0) is 22.2. The van der Waals surface area contributed by atoms with Crippen molar-refractivity contribution in [3.05, 3.63) is 68.7 Å². The first kappa shape index (κ1) is 23.1. The topological polar surface area (TPSA) is 97.2 Å². The lowest BCUT2D eigenvalue weighted by atomic mass is 9.95. The number of thioether (sulfide) groups is 1. The van der Waals surface area contributed by atoms with E-state index in [-0.39, 0.29) is 23.4 Å². The van der Waals surface area contributed by atoms with Crippen molar-refractivity contribution in [3.63, 3.8) is 0 Å². The molecule has 8 heteroatoms. The Morgan fingerprint density at radius 2 is 2.06 bits per heavy atom. The summed E-state index contributed by atoms with van der Waals surface area (Å²) in [6.45, 7) is 0.279. The van der Waals surface area contributed by atoms with E-state index >= 15 is 0 Å². The predicted octanol–water partition coefficient (Wildman–Crippen LogP) is 3.54. The SMILES string of the molecule is COc1ccc(S/C=C/CNC(=O)c2cc3c([nH]c2=O)CCCC3)cc1F.NC1CC1. The van der Waals surface area contributed by atoms with E-state index in [0.717, 1.165) is 41.8 Å². The molecule has 0 radical (unpaired) electrons. The molecule has 1 aromatic heterocycles. The second-order valence-corrected chi connectivity index (χ2v) is 8.54. The highest BCUT2D eigenvalue weighted by Gasteiger charge is 2.16. The van der Waals surface area contributed by atoms with Crippen LogP contribution in [-0.2, 0) is 12.8 Å². The van der Waals surface area contributed by atoms with Gasteiger partial charge < -0.3 is 20.8 Å². The number of nitrogens with one attached hydrogen (secondary N) is 2. The molecule has 0 saturated heterocycles. The summed E-state index contributed by atoms with van der Waals surface area (Å²) in [6.07, 6.45) is 8.16. The van der Waals surface area contributed by atoms with Gasteiger partial charge in [0.05, 0.1) is 7.11 Å². The number of aromatic nitrogens is 1. The van der Waals surface area contributed by atoms with Gasteiger partial charge >= 0.3 is 0 Å². The van der Waals surface area contributed by atoms with Crippen LogP contribution in [0.1, 0.15) is 47.3 Å². The minimum Gasteiger partial charge on any atom is -0.494 e. The Hall–Kier alpha value is -2.58. The fourth-order valence-electron chi connectivity index (χ4n) is 3.08. The molecular weight excluding hydrogens is 417 g/mol. The number of hydrogen-bond donors (Lipinski definition) is 3. The van der Waals surface area contributed by atoms with Crippen LogP contribution in [0.3, 0.4) is 0 Å². The molecule has 2 aromatic rings. The maximum Gasteiger partial charge on any atom is 0.261 e. The molecule has 1 heterocycles. The highest BCUT2D eigenvalue weighted by atomic mass is 32.2. The summed E-state index contributed by atoms with van der Waals surface area (Å²) in [6, 6.07) is 7.00. The molecule has 4 rings (SSSR count). The van der Waals surface area contributed by atoms with Gasteiger partial charge in [-0.3, -0.25) is 9.59 Å². The molecule has 1 fully saturated rings. The highest BCUT2D eigenvalue weighted by Crippen LogP contribution is 2.25. The number of halogens is 1. The molecule has 0 bridgehead atoms. The molecule has 166 valence electrons. The minimum atomic E-state index is -0.421. The predicted molar refractivity (Wildman–Crippen MR) is 121 cm³/mol. The van der Waals surface area contributed by atoms with E-state index in [1.807, 2.05) is 0 Å². The minimum absolute atomic E-state index is 0.147. The smallest absolute Gasteiger partial charge is 0.261 e. The average Bonchev–Trinajstić information content (AvgIpc) is 3.55. The van der Waals surface area contributed by atoms with Gasteiger partial charge in [0.15, 0.2) is 11.6 Å². The number of fused-ring (bicyclic) bond motifs is 1. The van der Waals surface area contributed by atoms with Crippen LogP contribution in [0.25, 0.3) is 0 Å². The Morgan fingerprint density at radius 3 is 2.74 bits per heavy atom. The summed E-state index contributed by atoms with van der Waals surface area (Å²) in [4.78, 5) is 27.9. The van der Waals surface area contributed by atoms with Gasteiger partial charge in [0.25, 0.3) is 11.5 Å². The Kier molecular flexibility index (Phi) is 8.31. The third-order valence-electron chi connectivity index (χ3n) is 5.01. The Labute approximate surface area is 185 Å². The van der Waals surface area contributed by atoms with Crippen molar-refractivity contribution in [3.8, 4) is 5.75 Å². The maximum absolute atomic E-state index is 13.6. The van der Waals surface area contributed by atoms with E-state index in [0.29, 0.717) is 6.04 Å². The Balaban J connectivity index is 0.000000610. The summed E-state index contributed by atoms with van der Waals surface area (Å²) < 4.78 is 18.5. The Morgan fingerprint density at radius 1 is 1.32 bits per heavy atom. The van der Waals surface area contributed by atoms with Crippen LogP contribution in [0.15, 0.2) is 45.4 Å². The first-order chi connectivity index (χ1) is 15.0. The molecule has 6 nitrogen and oxygen atoms in total. The number of hydrogen-bond acceptors (Lipinski definition) is 5. The first-order valence-electron chi connectivity index (χ1n) is 10.4. The second kappa shape index (κ2) is 11.2. The van der Waals surface area contributed by atoms with Crippen LogP contribution in [0.2, 0.25) is 0 Å². The standard InChI is InChI=1S/C20H21FN2O3S.C3H7N/c1-26-18-8-7-14(12-16(18)21)27-10-4-9-22-19(24)15-11-13-5-2-3-6-17(13)23-20(15)25;4-3-1-2-3/h4,7-8,10-12H,2-3,5-6,9H2,1H3,(H,22,24)(H,23,25);3H,1-2,4H2/b10-4+;. The third-order valence-corrected chi connectivity index (χ3v) is 5.86. The fraction of sp³-hybridized carbons (Fsp3) is 0.391. The van der Waals surface area contributed by atoms with Gasteiger partial charge in [-0.2, -0.15) is 0 Å². The number of carbonyl (C=O) groups excluding carboxylic acids is 1. The summed E-state index contributed by atoms with van der Waals surface area (Å²) in [5, 5.41) is 4.47. The number of methoxy groups -OCH3 is 1. The van der Waals surface area contributed by atoms with E-state index < -0.39 is 11.7 Å². The van der Waals surface area contributed by atoms with Crippen LogP contribution in [-0.4, -0.2) is 30.6 Å². The molecule has 0 spiro atoms. The fourth-order valence-corrected chi connectivity index (χ4v) is 3.75. The lowest BCUT2D eigenvalue weighted by Gasteiger charge is -2.15. The maximum atomic E-state index is 13.6. The van der Waals surface area contributed by atoms with Gasteiger partial charge in [0.1, 0.15) is 5.56 Å². The number of amides is 1. The lowest BCUT2D eigenvalue weighted by Crippen LogP contribution is -2.31. The zero-order valence-electron chi connectivity index (χ0n) is 17.6. The number of pyridine rings is 1. The van der Waals surface area contributed by atoms with Gasteiger partial charge in [0, 0.05) is 23.2 Å². The molecule has 2 aliphatic carbocycles. The van der Waals surface area contributed by atoms with E-state index in [2.05, 4.69) is 10.3 Å². The van der Waals surface area contributed by atoms with Gasteiger partial charge in [-0.1, -0.05) is 17.8 Å². The molecule has 1 saturated carbocycles. The molecule has 0 unspecified atom stereocenters. The number of ether oxygens (including phenoxy) is 1. The van der Waals surface area contributed by atoms with Crippen LogP contribution in [0.4, 0.5) is 4.39 Å². The molecule has 2 aliphatic rings. The molecule has 4 N–H and O–H groups in total. The van der Waals surface area contributed by atoms with Gasteiger partial charge in [-0.25, -0.2) is 4.39 Å². The zero-order valence-corrected chi connectivity index (χ0v) is 18.4. The second-order valence-electron chi connectivity index (χ2n) is 7.56. The van der Waals surface area contributed by atoms with Crippen LogP contribution in [0, 0.1) is 5.82 Å². The summed E-state index contributed by atoms with van der Waals surface area (Å²) in [5.74, 6) is -0.614. The lowest BCUT2D eigenvalue weighted by molar-refractivity contribution is 0.0956. The monoisotopic (exact) mass is 445 g/mol. The Bertz CT molecular complexity index is 1000. The van der Waals surface area contributed by atoms with Gasteiger partial charge in [-0.15, -0.1) is 0 Å². The van der Waals surface area contributed by atoms with E-state index in [4.69, 9.17) is 10.5 Å². The van der Waals surface area contributed by atoms with Gasteiger partial charge in [0.2, 0.25) is 0 Å². The quantitative estimate of drug-likeness (QED) is 0.591. The van der Waals surface area contributed by atoms with Crippen molar-refractivity contribution in [2.24, 2.45) is 5.73 Å². The number of aromatic amines is 1. The summed E-state index contributed by atoms with van der Waals surface area (Å²) in [5.41, 5.74) is 7.03. The van der Waals surface area contributed by atoms with Crippen molar-refractivity contribution >= 4 is 17.7 Å². The van der Waals surface area contributed by atoms with E-state index in [1.54, 1.807) is 29.7 Å². The van der Waals surface area contributed by atoms with Crippen molar-refractivity contribution < 1.29 is 13.9 Å². The van der Waals surface area contributed by atoms with Gasteiger partial charge in [-0.05, 0) is 73.8 Å². The largest absolute Gasteiger partial charge is 0.494 e. The molecule has 0 aliphatic heterocycles.